The molecular weight excluding hydrogens is 184 g/mol. The molecule has 2 nitrogen and oxygen atoms in total. The molecule has 1 aromatic rings. The zero-order chi connectivity index (χ0) is 10.1. The number of nitrogens with one attached hydrogen (secondary N) is 1. The molecule has 1 fully saturated rings. The van der Waals surface area contributed by atoms with E-state index in [1.54, 1.807) is 0 Å². The minimum absolute atomic E-state index is 0.753. The molecule has 1 aliphatic heterocycles. The van der Waals surface area contributed by atoms with Crippen LogP contribution in [0.2, 0.25) is 0 Å². The van der Waals surface area contributed by atoms with Crippen molar-refractivity contribution in [2.24, 2.45) is 5.92 Å². The Morgan fingerprint density at radius 3 is 2.93 bits per heavy atom. The minimum Gasteiger partial charge on any atom is -0.317 e. The highest BCUT2D eigenvalue weighted by Crippen LogP contribution is 2.40. The van der Waals surface area contributed by atoms with Crippen LogP contribution in [-0.4, -0.2) is 18.1 Å². The predicted molar refractivity (Wildman–Crippen MR) is 60.9 cm³/mol. The van der Waals surface area contributed by atoms with Gasteiger partial charge in [-0.2, -0.15) is 0 Å². The van der Waals surface area contributed by atoms with Crippen molar-refractivity contribution < 1.29 is 0 Å². The van der Waals surface area contributed by atoms with Gasteiger partial charge in [0.1, 0.15) is 0 Å². The van der Waals surface area contributed by atoms with E-state index in [4.69, 9.17) is 0 Å². The molecule has 0 bridgehead atoms. The maximum absolute atomic E-state index is 4.60. The summed E-state index contributed by atoms with van der Waals surface area (Å²) in [6.45, 7) is 2.40. The lowest BCUT2D eigenvalue weighted by Crippen LogP contribution is -2.30. The molecule has 15 heavy (non-hydrogen) atoms. The molecule has 0 aromatic carbocycles. The van der Waals surface area contributed by atoms with E-state index in [0.29, 0.717) is 0 Å². The lowest BCUT2D eigenvalue weighted by Gasteiger charge is -2.28. The number of aromatic nitrogens is 1. The van der Waals surface area contributed by atoms with Gasteiger partial charge in [-0.15, -0.1) is 0 Å². The lowest BCUT2D eigenvalue weighted by atomic mass is 9.83. The molecule has 0 saturated carbocycles. The Bertz CT molecular complexity index is 342. The van der Waals surface area contributed by atoms with Crippen molar-refractivity contribution in [1.82, 2.24) is 10.3 Å². The third kappa shape index (κ3) is 1.67. The highest BCUT2D eigenvalue weighted by molar-refractivity contribution is 5.29. The zero-order valence-electron chi connectivity index (χ0n) is 9.08. The summed E-state index contributed by atoms with van der Waals surface area (Å²) in [7, 11) is 0. The third-order valence-electron chi connectivity index (χ3n) is 3.95. The van der Waals surface area contributed by atoms with E-state index in [1.165, 1.54) is 50.0 Å². The Hall–Kier alpha value is -0.890. The SMILES string of the molecule is c1cnc2c(c1)CCC2C1CCNCC1. The van der Waals surface area contributed by atoms with Gasteiger partial charge < -0.3 is 5.32 Å². The molecule has 1 N–H and O–H groups in total. The molecular formula is C13H18N2. The minimum atomic E-state index is 0.753. The molecule has 1 unspecified atom stereocenters. The lowest BCUT2D eigenvalue weighted by molar-refractivity contribution is 0.313. The van der Waals surface area contributed by atoms with Gasteiger partial charge in [0, 0.05) is 17.8 Å². The van der Waals surface area contributed by atoms with Gasteiger partial charge >= 0.3 is 0 Å². The smallest absolute Gasteiger partial charge is 0.0469 e. The number of rotatable bonds is 1. The molecule has 2 aliphatic rings. The summed E-state index contributed by atoms with van der Waals surface area (Å²) in [6.07, 6.45) is 7.20. The molecule has 3 rings (SSSR count). The Kier molecular flexibility index (Phi) is 2.45. The van der Waals surface area contributed by atoms with Gasteiger partial charge in [-0.05, 0) is 56.3 Å². The zero-order valence-corrected chi connectivity index (χ0v) is 9.08. The van der Waals surface area contributed by atoms with E-state index in [9.17, 15) is 0 Å². The first-order valence-electron chi connectivity index (χ1n) is 6.09. The second kappa shape index (κ2) is 3.93. The number of nitrogens with zero attached hydrogens (tertiary/aromatic N) is 1. The molecule has 0 amide bonds. The molecule has 2 heteroatoms. The van der Waals surface area contributed by atoms with E-state index in [2.05, 4.69) is 22.4 Å². The quantitative estimate of drug-likeness (QED) is 0.754. The molecule has 0 radical (unpaired) electrons. The summed E-state index contributed by atoms with van der Waals surface area (Å²) < 4.78 is 0. The number of hydrogen-bond donors (Lipinski definition) is 1. The van der Waals surface area contributed by atoms with Crippen molar-refractivity contribution in [3.05, 3.63) is 29.6 Å². The Balaban J connectivity index is 1.83. The van der Waals surface area contributed by atoms with Gasteiger partial charge in [0.2, 0.25) is 0 Å². The van der Waals surface area contributed by atoms with E-state index >= 15 is 0 Å². The van der Waals surface area contributed by atoms with Crippen molar-refractivity contribution in [3.8, 4) is 0 Å². The van der Waals surface area contributed by atoms with Crippen molar-refractivity contribution in [3.63, 3.8) is 0 Å². The average molecular weight is 202 g/mol. The van der Waals surface area contributed by atoms with Gasteiger partial charge in [0.25, 0.3) is 0 Å². The van der Waals surface area contributed by atoms with Crippen LogP contribution in [0.5, 0.6) is 0 Å². The van der Waals surface area contributed by atoms with Crippen LogP contribution in [0.4, 0.5) is 0 Å². The highest BCUT2D eigenvalue weighted by atomic mass is 14.9. The van der Waals surface area contributed by atoms with E-state index in [1.807, 2.05) is 6.20 Å². The maximum atomic E-state index is 4.60. The summed E-state index contributed by atoms with van der Waals surface area (Å²) in [4.78, 5) is 4.60. The molecule has 0 spiro atoms. The summed E-state index contributed by atoms with van der Waals surface area (Å²) in [5, 5.41) is 3.44. The van der Waals surface area contributed by atoms with Crippen LogP contribution < -0.4 is 5.32 Å². The first-order chi connectivity index (χ1) is 7.45. The standard InChI is InChI=1S/C13H18N2/c1-2-11-3-4-12(13(11)15-7-1)10-5-8-14-9-6-10/h1-2,7,10,12,14H,3-6,8-9H2. The number of piperidine rings is 1. The van der Waals surface area contributed by atoms with E-state index in [-0.39, 0.29) is 0 Å². The number of aryl methyl sites for hydroxylation is 1. The number of hydrogen-bond acceptors (Lipinski definition) is 2. The van der Waals surface area contributed by atoms with Crippen LogP contribution in [0.15, 0.2) is 18.3 Å². The van der Waals surface area contributed by atoms with Crippen molar-refractivity contribution in [1.29, 1.82) is 0 Å². The van der Waals surface area contributed by atoms with Gasteiger partial charge in [0.15, 0.2) is 0 Å². The van der Waals surface area contributed by atoms with Crippen LogP contribution in [0, 0.1) is 5.92 Å². The van der Waals surface area contributed by atoms with Crippen molar-refractivity contribution >= 4 is 0 Å². The molecule has 1 aromatic heterocycles. The number of pyridine rings is 1. The summed E-state index contributed by atoms with van der Waals surface area (Å²) in [6, 6.07) is 4.33. The highest BCUT2D eigenvalue weighted by Gasteiger charge is 2.31. The fraction of sp³-hybridized carbons (Fsp3) is 0.615. The largest absolute Gasteiger partial charge is 0.317 e. The van der Waals surface area contributed by atoms with Crippen LogP contribution >= 0.6 is 0 Å². The Labute approximate surface area is 91.1 Å². The first-order valence-corrected chi connectivity index (χ1v) is 6.09. The second-order valence-corrected chi connectivity index (χ2v) is 4.78. The topological polar surface area (TPSA) is 24.9 Å². The summed E-state index contributed by atoms with van der Waals surface area (Å²) in [5.74, 6) is 1.63. The maximum Gasteiger partial charge on any atom is 0.0469 e. The van der Waals surface area contributed by atoms with E-state index in [0.717, 1.165) is 11.8 Å². The molecule has 80 valence electrons. The molecule has 2 heterocycles. The third-order valence-corrected chi connectivity index (χ3v) is 3.95. The van der Waals surface area contributed by atoms with Crippen LogP contribution in [0.3, 0.4) is 0 Å². The van der Waals surface area contributed by atoms with Gasteiger partial charge in [0.05, 0.1) is 0 Å². The summed E-state index contributed by atoms with van der Waals surface area (Å²) >= 11 is 0. The van der Waals surface area contributed by atoms with Crippen molar-refractivity contribution in [2.45, 2.75) is 31.6 Å². The first kappa shape index (κ1) is 9.34. The normalized spacial score (nSPS) is 26.5. The Morgan fingerprint density at radius 2 is 2.07 bits per heavy atom. The molecule has 1 atom stereocenters. The monoisotopic (exact) mass is 202 g/mol. The fourth-order valence-electron chi connectivity index (χ4n) is 3.15. The number of fused-ring (bicyclic) bond motifs is 1. The van der Waals surface area contributed by atoms with Crippen LogP contribution in [0.1, 0.15) is 36.4 Å². The second-order valence-electron chi connectivity index (χ2n) is 4.78. The van der Waals surface area contributed by atoms with Crippen LogP contribution in [0.25, 0.3) is 0 Å². The van der Waals surface area contributed by atoms with Gasteiger partial charge in [-0.1, -0.05) is 6.07 Å². The molecule has 1 aliphatic carbocycles. The van der Waals surface area contributed by atoms with E-state index < -0.39 is 0 Å². The fourth-order valence-corrected chi connectivity index (χ4v) is 3.15. The molecule has 1 saturated heterocycles. The predicted octanol–water partition coefficient (Wildman–Crippen LogP) is 2.11. The van der Waals surface area contributed by atoms with Crippen LogP contribution in [-0.2, 0) is 6.42 Å². The average Bonchev–Trinajstić information content (AvgIpc) is 2.74. The Morgan fingerprint density at radius 1 is 1.20 bits per heavy atom. The summed E-state index contributed by atoms with van der Waals surface area (Å²) in [5.41, 5.74) is 2.91. The van der Waals surface area contributed by atoms with Gasteiger partial charge in [-0.3, -0.25) is 4.98 Å². The van der Waals surface area contributed by atoms with Crippen molar-refractivity contribution in [2.75, 3.05) is 13.1 Å². The van der Waals surface area contributed by atoms with Gasteiger partial charge in [-0.25, -0.2) is 0 Å².